The van der Waals surface area contributed by atoms with Gasteiger partial charge in [-0.2, -0.15) is 0 Å². The van der Waals surface area contributed by atoms with Gasteiger partial charge < -0.3 is 14.6 Å². The zero-order valence-corrected chi connectivity index (χ0v) is 14.1. The van der Waals surface area contributed by atoms with E-state index in [4.69, 9.17) is 9.26 Å². The van der Waals surface area contributed by atoms with E-state index in [2.05, 4.69) is 10.5 Å². The molecule has 3 aliphatic heterocycles. The summed E-state index contributed by atoms with van der Waals surface area (Å²) in [4.78, 5) is 27.6. The number of amides is 2. The number of ether oxygens (including phenoxy) is 1. The van der Waals surface area contributed by atoms with Crippen molar-refractivity contribution in [2.75, 3.05) is 16.8 Å². The molecule has 7 nitrogen and oxygen atoms in total. The molecule has 2 saturated heterocycles. The van der Waals surface area contributed by atoms with Gasteiger partial charge >= 0.3 is 0 Å². The van der Waals surface area contributed by atoms with E-state index in [0.717, 1.165) is 0 Å². The average Bonchev–Trinajstić information content (AvgIpc) is 3.37. The van der Waals surface area contributed by atoms with Gasteiger partial charge in [-0.25, -0.2) is 0 Å². The molecule has 0 saturated carbocycles. The van der Waals surface area contributed by atoms with Gasteiger partial charge in [-0.15, -0.1) is 0 Å². The third-order valence-electron chi connectivity index (χ3n) is 5.34. The molecule has 2 amide bonds. The van der Waals surface area contributed by atoms with Gasteiger partial charge in [0.2, 0.25) is 11.8 Å². The van der Waals surface area contributed by atoms with Crippen molar-refractivity contribution in [2.45, 2.75) is 18.6 Å². The van der Waals surface area contributed by atoms with E-state index in [1.165, 1.54) is 0 Å². The lowest BCUT2D eigenvalue weighted by molar-refractivity contribution is -0.128. The van der Waals surface area contributed by atoms with Gasteiger partial charge in [-0.1, -0.05) is 35.5 Å². The van der Waals surface area contributed by atoms with E-state index >= 15 is 0 Å². The Morgan fingerprint density at radius 1 is 1.35 bits per heavy atom. The number of nitrogens with zero attached hydrogens (tertiary/aromatic N) is 2. The van der Waals surface area contributed by atoms with Crippen molar-refractivity contribution in [3.05, 3.63) is 54.3 Å². The van der Waals surface area contributed by atoms with Crippen LogP contribution in [-0.2, 0) is 14.3 Å². The highest BCUT2D eigenvalue weighted by Gasteiger charge is 2.67. The number of aryl methyl sites for hydroxylation is 1. The van der Waals surface area contributed by atoms with Crippen molar-refractivity contribution >= 4 is 23.3 Å². The minimum absolute atomic E-state index is 0.154. The standard InChI is InChI=1S/C19H17N3O4/c1-11-9-14(21-26-11)22-10-19-8-7-13(25-19)15(16(19)18(22)24)17(23)20-12-5-3-2-4-6-12/h2-9,13,15-16H,10H2,1H3,(H,20,23)/t13-,15+,16-,19+/m1/s1. The molecule has 1 N–H and O–H groups in total. The van der Waals surface area contributed by atoms with E-state index in [-0.39, 0.29) is 17.9 Å². The van der Waals surface area contributed by atoms with Crippen LogP contribution in [0, 0.1) is 18.8 Å². The van der Waals surface area contributed by atoms with Gasteiger partial charge in [0.1, 0.15) is 11.4 Å². The van der Waals surface area contributed by atoms with Gasteiger partial charge in [0.05, 0.1) is 24.5 Å². The number of para-hydroxylation sites is 1. The number of aromatic nitrogens is 1. The number of anilines is 2. The molecule has 1 spiro atoms. The highest BCUT2D eigenvalue weighted by atomic mass is 16.5. The Kier molecular flexibility index (Phi) is 3.12. The summed E-state index contributed by atoms with van der Waals surface area (Å²) in [5.74, 6) is -0.397. The van der Waals surface area contributed by atoms with Crippen LogP contribution in [0.3, 0.4) is 0 Å². The van der Waals surface area contributed by atoms with Crippen LogP contribution >= 0.6 is 0 Å². The zero-order chi connectivity index (χ0) is 17.9. The van der Waals surface area contributed by atoms with Gasteiger partial charge in [0, 0.05) is 11.8 Å². The van der Waals surface area contributed by atoms with Crippen molar-refractivity contribution in [1.29, 1.82) is 0 Å². The Balaban J connectivity index is 1.45. The Morgan fingerprint density at radius 2 is 2.15 bits per heavy atom. The predicted octanol–water partition coefficient (Wildman–Crippen LogP) is 1.91. The molecule has 3 aliphatic rings. The molecule has 1 aromatic heterocycles. The molecular formula is C19H17N3O4. The van der Waals surface area contributed by atoms with Crippen molar-refractivity contribution in [1.82, 2.24) is 5.16 Å². The van der Waals surface area contributed by atoms with E-state index in [9.17, 15) is 9.59 Å². The zero-order valence-electron chi connectivity index (χ0n) is 14.1. The lowest BCUT2D eigenvalue weighted by Gasteiger charge is -2.23. The SMILES string of the molecule is Cc1cc(N2C[C@]34C=C[C@@H](O3)[C@H](C(=O)Nc3ccccc3)[C@@H]4C2=O)no1. The van der Waals surface area contributed by atoms with Crippen molar-refractivity contribution in [3.8, 4) is 0 Å². The number of nitrogens with one attached hydrogen (secondary N) is 1. The smallest absolute Gasteiger partial charge is 0.235 e. The maximum Gasteiger partial charge on any atom is 0.235 e. The summed E-state index contributed by atoms with van der Waals surface area (Å²) >= 11 is 0. The minimum Gasteiger partial charge on any atom is -0.360 e. The largest absolute Gasteiger partial charge is 0.360 e. The molecule has 1 aromatic carbocycles. The normalized spacial score (nSPS) is 31.5. The van der Waals surface area contributed by atoms with Crippen LogP contribution in [0.1, 0.15) is 5.76 Å². The fourth-order valence-electron chi connectivity index (χ4n) is 4.22. The maximum atomic E-state index is 13.1. The van der Waals surface area contributed by atoms with Gasteiger partial charge in [0.15, 0.2) is 5.82 Å². The summed E-state index contributed by atoms with van der Waals surface area (Å²) in [5.41, 5.74) is -0.0689. The summed E-state index contributed by atoms with van der Waals surface area (Å²) in [6, 6.07) is 10.9. The third kappa shape index (κ3) is 2.07. The quantitative estimate of drug-likeness (QED) is 0.854. The van der Waals surface area contributed by atoms with Crippen molar-refractivity contribution in [2.24, 2.45) is 11.8 Å². The second-order valence-corrected chi connectivity index (χ2v) is 6.98. The molecule has 0 radical (unpaired) electrons. The van der Waals surface area contributed by atoms with Crippen LogP contribution in [0.25, 0.3) is 0 Å². The van der Waals surface area contributed by atoms with Gasteiger partial charge in [-0.3, -0.25) is 14.5 Å². The molecule has 2 fully saturated rings. The first-order valence-electron chi connectivity index (χ1n) is 8.55. The Morgan fingerprint density at radius 3 is 2.88 bits per heavy atom. The summed E-state index contributed by atoms with van der Waals surface area (Å²) in [6.45, 7) is 2.11. The molecule has 5 rings (SSSR count). The molecule has 26 heavy (non-hydrogen) atoms. The Bertz CT molecular complexity index is 922. The minimum atomic E-state index is -0.771. The third-order valence-corrected chi connectivity index (χ3v) is 5.34. The van der Waals surface area contributed by atoms with Gasteiger partial charge in [0.25, 0.3) is 0 Å². The molecule has 132 valence electrons. The van der Waals surface area contributed by atoms with E-state index < -0.39 is 17.4 Å². The van der Waals surface area contributed by atoms with Gasteiger partial charge in [-0.05, 0) is 19.1 Å². The van der Waals surface area contributed by atoms with Crippen LogP contribution in [0.15, 0.2) is 53.1 Å². The number of rotatable bonds is 3. The fraction of sp³-hybridized carbons (Fsp3) is 0.316. The van der Waals surface area contributed by atoms with E-state index in [0.29, 0.717) is 23.8 Å². The number of fused-ring (bicyclic) bond motifs is 1. The van der Waals surface area contributed by atoms with Crippen molar-refractivity contribution < 1.29 is 18.8 Å². The van der Waals surface area contributed by atoms with Crippen LogP contribution in [-0.4, -0.2) is 35.2 Å². The fourth-order valence-corrected chi connectivity index (χ4v) is 4.22. The van der Waals surface area contributed by atoms with Crippen molar-refractivity contribution in [3.63, 3.8) is 0 Å². The second-order valence-electron chi connectivity index (χ2n) is 6.98. The highest BCUT2D eigenvalue weighted by molar-refractivity contribution is 6.05. The molecule has 4 atom stereocenters. The lowest BCUT2D eigenvalue weighted by Crippen LogP contribution is -2.41. The summed E-state index contributed by atoms with van der Waals surface area (Å²) in [6.07, 6.45) is 3.42. The number of benzene rings is 1. The summed E-state index contributed by atoms with van der Waals surface area (Å²) in [7, 11) is 0. The Labute approximate surface area is 149 Å². The number of carbonyl (C=O) groups excluding carboxylic acids is 2. The van der Waals surface area contributed by atoms with Crippen LogP contribution in [0.2, 0.25) is 0 Å². The lowest BCUT2D eigenvalue weighted by atomic mass is 9.77. The first-order valence-corrected chi connectivity index (χ1v) is 8.55. The first-order chi connectivity index (χ1) is 12.6. The molecule has 2 aromatic rings. The summed E-state index contributed by atoms with van der Waals surface area (Å²) in [5, 5.41) is 6.84. The molecule has 4 heterocycles. The summed E-state index contributed by atoms with van der Waals surface area (Å²) < 4.78 is 11.2. The second kappa shape index (κ2) is 5.28. The Hall–Kier alpha value is -2.93. The molecular weight excluding hydrogens is 334 g/mol. The van der Waals surface area contributed by atoms with Crippen LogP contribution in [0.5, 0.6) is 0 Å². The predicted molar refractivity (Wildman–Crippen MR) is 92.4 cm³/mol. The monoisotopic (exact) mass is 351 g/mol. The maximum absolute atomic E-state index is 13.1. The van der Waals surface area contributed by atoms with E-state index in [1.54, 1.807) is 17.9 Å². The first kappa shape index (κ1) is 15.3. The molecule has 7 heteroatoms. The topological polar surface area (TPSA) is 84.7 Å². The molecule has 2 bridgehead atoms. The molecule has 0 unspecified atom stereocenters. The number of hydrogen-bond acceptors (Lipinski definition) is 5. The van der Waals surface area contributed by atoms with Crippen LogP contribution < -0.4 is 10.2 Å². The number of carbonyl (C=O) groups is 2. The van der Waals surface area contributed by atoms with E-state index in [1.807, 2.05) is 42.5 Å². The molecule has 0 aliphatic carbocycles. The highest BCUT2D eigenvalue weighted by Crippen LogP contribution is 2.52. The van der Waals surface area contributed by atoms with Crippen LogP contribution in [0.4, 0.5) is 11.5 Å². The average molecular weight is 351 g/mol. The number of hydrogen-bond donors (Lipinski definition) is 1.